The number of hydrogen-bond donors (Lipinski definition) is 1. The molecule has 1 nitrogen and oxygen atoms in total. The molecule has 0 fully saturated rings. The van der Waals surface area contributed by atoms with Crippen LogP contribution in [0, 0.1) is 18.8 Å². The lowest BCUT2D eigenvalue weighted by atomic mass is 9.76. The van der Waals surface area contributed by atoms with Crippen molar-refractivity contribution in [1.29, 1.82) is 0 Å². The van der Waals surface area contributed by atoms with Crippen molar-refractivity contribution in [2.45, 2.75) is 53.4 Å². The van der Waals surface area contributed by atoms with Gasteiger partial charge in [-0.15, -0.1) is 0 Å². The molecule has 106 valence electrons. The molecule has 0 aromatic heterocycles. The van der Waals surface area contributed by atoms with Gasteiger partial charge in [0.15, 0.2) is 0 Å². The number of aryl methyl sites for hydroxylation is 1. The van der Waals surface area contributed by atoms with Crippen molar-refractivity contribution < 1.29 is 0 Å². The number of benzene rings is 1. The molecule has 0 saturated carbocycles. The van der Waals surface area contributed by atoms with Gasteiger partial charge in [-0.2, -0.15) is 0 Å². The highest BCUT2D eigenvalue weighted by molar-refractivity contribution is 5.61. The molecule has 1 aromatic rings. The molecule has 0 aliphatic rings. The minimum absolute atomic E-state index is 0.615. The third-order valence-corrected chi connectivity index (χ3v) is 4.34. The number of hydrogen-bond acceptors (Lipinski definition) is 1. The molecule has 0 saturated heterocycles. The molecule has 0 aliphatic carbocycles. The van der Waals surface area contributed by atoms with E-state index in [1.54, 1.807) is 0 Å². The lowest BCUT2D eigenvalue weighted by Gasteiger charge is -2.29. The van der Waals surface area contributed by atoms with E-state index in [2.05, 4.69) is 59.4 Å². The summed E-state index contributed by atoms with van der Waals surface area (Å²) in [7, 11) is 0. The van der Waals surface area contributed by atoms with Gasteiger partial charge < -0.3 is 5.73 Å². The fraction of sp³-hybridized carbons (Fsp3) is 0.556. The van der Waals surface area contributed by atoms with Crippen molar-refractivity contribution in [1.82, 2.24) is 0 Å². The van der Waals surface area contributed by atoms with Crippen molar-refractivity contribution in [2.24, 2.45) is 17.6 Å². The molecular formula is C18H29N. The van der Waals surface area contributed by atoms with Crippen molar-refractivity contribution >= 4 is 5.70 Å². The highest BCUT2D eigenvalue weighted by Gasteiger charge is 2.23. The Balaban J connectivity index is 3.21. The van der Waals surface area contributed by atoms with Gasteiger partial charge >= 0.3 is 0 Å². The Bertz CT molecular complexity index is 431. The van der Waals surface area contributed by atoms with E-state index in [0.29, 0.717) is 23.5 Å². The second-order valence-corrected chi connectivity index (χ2v) is 6.09. The molecular weight excluding hydrogens is 230 g/mol. The van der Waals surface area contributed by atoms with Crippen LogP contribution in [0.1, 0.15) is 63.1 Å². The second-order valence-electron chi connectivity index (χ2n) is 6.09. The van der Waals surface area contributed by atoms with Crippen LogP contribution in [0.4, 0.5) is 0 Å². The maximum absolute atomic E-state index is 5.85. The SMILES string of the molecule is C=C(N)c1ccc(C)c(C(CCC)C(C)C(C)C)c1. The molecule has 1 heteroatoms. The summed E-state index contributed by atoms with van der Waals surface area (Å²) in [5.74, 6) is 1.99. The van der Waals surface area contributed by atoms with Gasteiger partial charge in [-0.1, -0.05) is 52.8 Å². The van der Waals surface area contributed by atoms with Gasteiger partial charge in [0.1, 0.15) is 0 Å². The molecule has 1 rings (SSSR count). The lowest BCUT2D eigenvalue weighted by Crippen LogP contribution is -2.17. The topological polar surface area (TPSA) is 26.0 Å². The van der Waals surface area contributed by atoms with Crippen LogP contribution < -0.4 is 5.73 Å². The predicted molar refractivity (Wildman–Crippen MR) is 86.1 cm³/mol. The minimum atomic E-state index is 0.615. The monoisotopic (exact) mass is 259 g/mol. The third kappa shape index (κ3) is 3.86. The van der Waals surface area contributed by atoms with E-state index in [1.807, 2.05) is 0 Å². The Hall–Kier alpha value is -1.24. The highest BCUT2D eigenvalue weighted by Crippen LogP contribution is 2.36. The summed E-state index contributed by atoms with van der Waals surface area (Å²) in [5, 5.41) is 0. The zero-order chi connectivity index (χ0) is 14.6. The van der Waals surface area contributed by atoms with Crippen LogP contribution in [0.15, 0.2) is 24.8 Å². The van der Waals surface area contributed by atoms with Crippen molar-refractivity contribution in [2.75, 3.05) is 0 Å². The zero-order valence-corrected chi connectivity index (χ0v) is 13.2. The molecule has 2 unspecified atom stereocenters. The van der Waals surface area contributed by atoms with E-state index < -0.39 is 0 Å². The van der Waals surface area contributed by atoms with Crippen LogP contribution in [0.3, 0.4) is 0 Å². The van der Waals surface area contributed by atoms with Gasteiger partial charge in [-0.25, -0.2) is 0 Å². The van der Waals surface area contributed by atoms with Crippen LogP contribution in [-0.2, 0) is 0 Å². The van der Waals surface area contributed by atoms with Gasteiger partial charge in [0.05, 0.1) is 0 Å². The van der Waals surface area contributed by atoms with E-state index in [-0.39, 0.29) is 0 Å². The fourth-order valence-corrected chi connectivity index (χ4v) is 2.72. The lowest BCUT2D eigenvalue weighted by molar-refractivity contribution is 0.330. The molecule has 19 heavy (non-hydrogen) atoms. The fourth-order valence-electron chi connectivity index (χ4n) is 2.72. The smallest absolute Gasteiger partial charge is 0.0314 e. The Morgan fingerprint density at radius 1 is 1.26 bits per heavy atom. The molecule has 1 aromatic carbocycles. The van der Waals surface area contributed by atoms with Crippen LogP contribution >= 0.6 is 0 Å². The Labute approximate surface area is 118 Å². The molecule has 0 bridgehead atoms. The van der Waals surface area contributed by atoms with Gasteiger partial charge in [0, 0.05) is 5.70 Å². The average Bonchev–Trinajstić information content (AvgIpc) is 2.35. The maximum atomic E-state index is 5.85. The molecule has 0 heterocycles. The summed E-state index contributed by atoms with van der Waals surface area (Å²) in [4.78, 5) is 0. The van der Waals surface area contributed by atoms with Gasteiger partial charge in [0.25, 0.3) is 0 Å². The second kappa shape index (κ2) is 6.79. The van der Waals surface area contributed by atoms with Crippen LogP contribution in [-0.4, -0.2) is 0 Å². The van der Waals surface area contributed by atoms with Crippen molar-refractivity contribution in [3.63, 3.8) is 0 Å². The average molecular weight is 259 g/mol. The molecule has 2 N–H and O–H groups in total. The Morgan fingerprint density at radius 3 is 2.37 bits per heavy atom. The van der Waals surface area contributed by atoms with Crippen LogP contribution in [0.5, 0.6) is 0 Å². The van der Waals surface area contributed by atoms with Crippen LogP contribution in [0.25, 0.3) is 5.70 Å². The number of nitrogens with two attached hydrogens (primary N) is 1. The molecule has 0 radical (unpaired) electrons. The van der Waals surface area contributed by atoms with Crippen molar-refractivity contribution in [3.05, 3.63) is 41.5 Å². The molecule has 0 amide bonds. The summed E-state index contributed by atoms with van der Waals surface area (Å²) >= 11 is 0. The first-order chi connectivity index (χ1) is 8.88. The Morgan fingerprint density at radius 2 is 1.89 bits per heavy atom. The number of rotatable bonds is 6. The van der Waals surface area contributed by atoms with E-state index in [1.165, 1.54) is 24.0 Å². The Kier molecular flexibility index (Phi) is 5.65. The third-order valence-electron chi connectivity index (χ3n) is 4.34. The highest BCUT2D eigenvalue weighted by atomic mass is 14.6. The quantitative estimate of drug-likeness (QED) is 0.755. The normalized spacial score (nSPS) is 14.4. The first kappa shape index (κ1) is 15.8. The molecule has 2 atom stereocenters. The van der Waals surface area contributed by atoms with Crippen molar-refractivity contribution in [3.8, 4) is 0 Å². The minimum Gasteiger partial charge on any atom is -0.399 e. The standard InChI is InChI=1S/C18H29N/c1-7-8-17(14(5)12(2)3)18-11-16(15(6)19)10-9-13(18)4/h9-12,14,17H,6-8,19H2,1-5H3. The zero-order valence-electron chi connectivity index (χ0n) is 13.2. The van der Waals surface area contributed by atoms with E-state index >= 15 is 0 Å². The first-order valence-corrected chi connectivity index (χ1v) is 7.43. The summed E-state index contributed by atoms with van der Waals surface area (Å²) in [6, 6.07) is 6.50. The first-order valence-electron chi connectivity index (χ1n) is 7.43. The molecule has 0 aliphatic heterocycles. The van der Waals surface area contributed by atoms with Crippen LogP contribution in [0.2, 0.25) is 0 Å². The van der Waals surface area contributed by atoms with Gasteiger partial charge in [-0.3, -0.25) is 0 Å². The summed E-state index contributed by atoms with van der Waals surface area (Å²) in [5.41, 5.74) is 10.4. The largest absolute Gasteiger partial charge is 0.399 e. The summed E-state index contributed by atoms with van der Waals surface area (Å²) < 4.78 is 0. The summed E-state index contributed by atoms with van der Waals surface area (Å²) in [6.45, 7) is 15.3. The van der Waals surface area contributed by atoms with E-state index in [9.17, 15) is 0 Å². The van der Waals surface area contributed by atoms with Gasteiger partial charge in [0.2, 0.25) is 0 Å². The summed E-state index contributed by atoms with van der Waals surface area (Å²) in [6.07, 6.45) is 2.45. The van der Waals surface area contributed by atoms with Gasteiger partial charge in [-0.05, 0) is 53.9 Å². The molecule has 0 spiro atoms. The van der Waals surface area contributed by atoms with E-state index in [0.717, 1.165) is 5.56 Å². The van der Waals surface area contributed by atoms with E-state index in [4.69, 9.17) is 5.73 Å². The maximum Gasteiger partial charge on any atom is 0.0314 e. The predicted octanol–water partition coefficient (Wildman–Crippen LogP) is 5.10.